The van der Waals surface area contributed by atoms with Crippen LogP contribution in [0.5, 0.6) is 0 Å². The van der Waals surface area contributed by atoms with E-state index in [4.69, 9.17) is 0 Å². The molecule has 0 fully saturated rings. The first-order valence-corrected chi connectivity index (χ1v) is 7.94. The van der Waals surface area contributed by atoms with Gasteiger partial charge in [-0.1, -0.05) is 30.3 Å². The van der Waals surface area contributed by atoms with E-state index in [1.807, 2.05) is 22.9 Å². The number of benzene rings is 1. The van der Waals surface area contributed by atoms with Gasteiger partial charge in [0.05, 0.1) is 6.33 Å². The maximum absolute atomic E-state index is 12.1. The number of imidazole rings is 1. The van der Waals surface area contributed by atoms with Crippen LogP contribution in [0, 0.1) is 0 Å². The Balaban J connectivity index is 1.63. The third kappa shape index (κ3) is 4.26. The fourth-order valence-corrected chi connectivity index (χ4v) is 2.58. The number of hydrogen-bond donors (Lipinski definition) is 1. The Labute approximate surface area is 142 Å². The second-order valence-electron chi connectivity index (χ2n) is 5.08. The molecule has 116 valence electrons. The number of pyridine rings is 1. The van der Waals surface area contributed by atoms with Crippen LogP contribution in [-0.2, 0) is 13.1 Å². The molecule has 0 aliphatic heterocycles. The summed E-state index contributed by atoms with van der Waals surface area (Å²) < 4.78 is 2.65. The molecule has 2 heterocycles. The Bertz CT molecular complexity index is 802. The van der Waals surface area contributed by atoms with Crippen molar-refractivity contribution >= 4 is 21.8 Å². The van der Waals surface area contributed by atoms with E-state index in [9.17, 15) is 4.79 Å². The first-order chi connectivity index (χ1) is 11.2. The minimum Gasteiger partial charge on any atom is -0.347 e. The molecule has 0 aliphatic rings. The predicted molar refractivity (Wildman–Crippen MR) is 90.9 cm³/mol. The smallest absolute Gasteiger partial charge is 0.270 e. The summed E-state index contributed by atoms with van der Waals surface area (Å²) >= 11 is 3.27. The largest absolute Gasteiger partial charge is 0.347 e. The highest BCUT2D eigenvalue weighted by Crippen LogP contribution is 2.09. The molecule has 1 aromatic carbocycles. The summed E-state index contributed by atoms with van der Waals surface area (Å²) in [4.78, 5) is 20.3. The lowest BCUT2D eigenvalue weighted by Gasteiger charge is -2.08. The van der Waals surface area contributed by atoms with Gasteiger partial charge in [0.1, 0.15) is 10.3 Å². The fourth-order valence-electron chi connectivity index (χ4n) is 2.24. The van der Waals surface area contributed by atoms with Crippen LogP contribution >= 0.6 is 15.9 Å². The van der Waals surface area contributed by atoms with Crippen LogP contribution in [0.2, 0.25) is 0 Å². The number of nitrogens with one attached hydrogen (secondary N) is 1. The molecule has 3 aromatic rings. The Kier molecular flexibility index (Phi) is 4.83. The Morgan fingerprint density at radius 1 is 1.17 bits per heavy atom. The van der Waals surface area contributed by atoms with Crippen LogP contribution in [0.4, 0.5) is 0 Å². The number of aromatic nitrogens is 3. The highest BCUT2D eigenvalue weighted by Gasteiger charge is 2.07. The van der Waals surface area contributed by atoms with Gasteiger partial charge in [-0.15, -0.1) is 0 Å². The minimum absolute atomic E-state index is 0.189. The first kappa shape index (κ1) is 15.4. The summed E-state index contributed by atoms with van der Waals surface area (Å²) in [6.45, 7) is 1.22. The summed E-state index contributed by atoms with van der Waals surface area (Å²) in [6, 6.07) is 13.4. The van der Waals surface area contributed by atoms with E-state index in [0.29, 0.717) is 16.8 Å². The molecule has 0 bridgehead atoms. The van der Waals surface area contributed by atoms with Gasteiger partial charge in [0, 0.05) is 25.5 Å². The molecule has 0 spiro atoms. The average molecular weight is 371 g/mol. The second kappa shape index (κ2) is 7.19. The van der Waals surface area contributed by atoms with E-state index >= 15 is 0 Å². The average Bonchev–Trinajstić information content (AvgIpc) is 3.06. The van der Waals surface area contributed by atoms with Gasteiger partial charge in [-0.05, 0) is 39.2 Å². The van der Waals surface area contributed by atoms with Gasteiger partial charge in [0.15, 0.2) is 0 Å². The van der Waals surface area contributed by atoms with Crippen molar-refractivity contribution in [3.63, 3.8) is 0 Å². The summed E-state index contributed by atoms with van der Waals surface area (Å²) in [5.41, 5.74) is 2.61. The van der Waals surface area contributed by atoms with Crippen LogP contribution in [0.3, 0.4) is 0 Å². The molecule has 0 unspecified atom stereocenters. The monoisotopic (exact) mass is 370 g/mol. The van der Waals surface area contributed by atoms with E-state index in [-0.39, 0.29) is 5.91 Å². The first-order valence-electron chi connectivity index (χ1n) is 7.15. The molecule has 0 saturated carbocycles. The third-order valence-corrected chi connectivity index (χ3v) is 3.76. The molecule has 6 heteroatoms. The molecule has 2 aromatic heterocycles. The molecule has 1 N–H and O–H groups in total. The molecule has 23 heavy (non-hydrogen) atoms. The van der Waals surface area contributed by atoms with Crippen molar-refractivity contribution in [2.24, 2.45) is 0 Å². The van der Waals surface area contributed by atoms with E-state index in [2.05, 4.69) is 43.3 Å². The molecule has 5 nitrogen and oxygen atoms in total. The number of amides is 1. The van der Waals surface area contributed by atoms with Crippen molar-refractivity contribution in [3.05, 3.63) is 82.6 Å². The normalized spacial score (nSPS) is 10.5. The van der Waals surface area contributed by atoms with Crippen molar-refractivity contribution in [1.29, 1.82) is 0 Å². The van der Waals surface area contributed by atoms with Gasteiger partial charge >= 0.3 is 0 Å². The fraction of sp³-hybridized carbons (Fsp3) is 0.118. The maximum atomic E-state index is 12.1. The van der Waals surface area contributed by atoms with Crippen molar-refractivity contribution in [2.45, 2.75) is 13.1 Å². The highest BCUT2D eigenvalue weighted by atomic mass is 79.9. The van der Waals surface area contributed by atoms with Crippen LogP contribution in [0.1, 0.15) is 21.6 Å². The van der Waals surface area contributed by atoms with E-state index in [1.54, 1.807) is 30.7 Å². The summed E-state index contributed by atoms with van der Waals surface area (Å²) in [5.74, 6) is -0.189. The van der Waals surface area contributed by atoms with Crippen LogP contribution in [0.25, 0.3) is 0 Å². The van der Waals surface area contributed by atoms with Gasteiger partial charge < -0.3 is 9.88 Å². The number of carbonyl (C=O) groups excluding carboxylic acids is 1. The zero-order valence-electron chi connectivity index (χ0n) is 12.3. The van der Waals surface area contributed by atoms with Crippen molar-refractivity contribution in [1.82, 2.24) is 19.9 Å². The van der Waals surface area contributed by atoms with E-state index in [1.165, 1.54) is 0 Å². The van der Waals surface area contributed by atoms with Crippen molar-refractivity contribution < 1.29 is 4.79 Å². The predicted octanol–water partition coefficient (Wildman–Crippen LogP) is 3.02. The van der Waals surface area contributed by atoms with E-state index < -0.39 is 0 Å². The molecule has 0 aliphatic carbocycles. The lowest BCUT2D eigenvalue weighted by atomic mass is 10.1. The molecule has 1 amide bonds. The Morgan fingerprint density at radius 2 is 2.00 bits per heavy atom. The van der Waals surface area contributed by atoms with Crippen LogP contribution < -0.4 is 5.32 Å². The molecule has 0 atom stereocenters. The zero-order chi connectivity index (χ0) is 16.1. The minimum atomic E-state index is -0.189. The Hall–Kier alpha value is -2.47. The number of hydrogen-bond acceptors (Lipinski definition) is 3. The van der Waals surface area contributed by atoms with Crippen molar-refractivity contribution in [3.8, 4) is 0 Å². The molecular formula is C17H15BrN4O. The van der Waals surface area contributed by atoms with Gasteiger partial charge in [-0.25, -0.2) is 9.97 Å². The van der Waals surface area contributed by atoms with Gasteiger partial charge in [0.25, 0.3) is 5.91 Å². The summed E-state index contributed by atoms with van der Waals surface area (Å²) in [7, 11) is 0. The highest BCUT2D eigenvalue weighted by molar-refractivity contribution is 9.10. The Morgan fingerprint density at radius 3 is 2.78 bits per heavy atom. The SMILES string of the molecule is O=C(NCc1cccc(Cn2ccnc2)c1)c1cccc(Br)n1. The molecule has 0 radical (unpaired) electrons. The van der Waals surface area contributed by atoms with Gasteiger partial charge in [-0.2, -0.15) is 0 Å². The van der Waals surface area contributed by atoms with Crippen molar-refractivity contribution in [2.75, 3.05) is 0 Å². The van der Waals surface area contributed by atoms with Gasteiger partial charge in [-0.3, -0.25) is 4.79 Å². The number of halogens is 1. The zero-order valence-corrected chi connectivity index (χ0v) is 13.9. The lowest BCUT2D eigenvalue weighted by molar-refractivity contribution is 0.0945. The second-order valence-corrected chi connectivity index (χ2v) is 5.90. The van der Waals surface area contributed by atoms with Crippen LogP contribution in [0.15, 0.2) is 65.8 Å². The molecule has 3 rings (SSSR count). The maximum Gasteiger partial charge on any atom is 0.270 e. The molecule has 0 saturated heterocycles. The number of carbonyl (C=O) groups is 1. The lowest BCUT2D eigenvalue weighted by Crippen LogP contribution is -2.23. The molecular weight excluding hydrogens is 356 g/mol. The summed E-state index contributed by atoms with van der Waals surface area (Å²) in [6.07, 6.45) is 5.47. The van der Waals surface area contributed by atoms with E-state index in [0.717, 1.165) is 17.7 Å². The van der Waals surface area contributed by atoms with Crippen LogP contribution in [-0.4, -0.2) is 20.4 Å². The number of rotatable bonds is 5. The summed E-state index contributed by atoms with van der Waals surface area (Å²) in [5, 5.41) is 2.89. The quantitative estimate of drug-likeness (QED) is 0.702. The topological polar surface area (TPSA) is 59.8 Å². The number of nitrogens with zero attached hydrogens (tertiary/aromatic N) is 3. The van der Waals surface area contributed by atoms with Gasteiger partial charge in [0.2, 0.25) is 0 Å². The third-order valence-electron chi connectivity index (χ3n) is 3.32. The standard InChI is InChI=1S/C17H15BrN4O/c18-16-6-2-5-15(21-16)17(23)20-10-13-3-1-4-14(9-13)11-22-8-7-19-12-22/h1-9,12H,10-11H2,(H,20,23).